The maximum absolute atomic E-state index is 11.0. The topological polar surface area (TPSA) is 30.2 Å². The number of Topliss-reactive ketones (excluding diaryl/α,β-unsaturated/α-hetero) is 1. The molecule has 0 fully saturated rings. The SMILES string of the molecule is CCC(=O)CSCc1ccc(CC)o1. The van der Waals surface area contributed by atoms with Crippen molar-refractivity contribution in [2.75, 3.05) is 5.75 Å². The number of hydrogen-bond donors (Lipinski definition) is 0. The van der Waals surface area contributed by atoms with E-state index in [-0.39, 0.29) is 0 Å². The predicted octanol–water partition coefficient (Wildman–Crippen LogP) is 3.05. The largest absolute Gasteiger partial charge is 0.465 e. The number of hydrogen-bond acceptors (Lipinski definition) is 3. The number of carbonyl (C=O) groups is 1. The van der Waals surface area contributed by atoms with E-state index in [0.29, 0.717) is 18.0 Å². The minimum absolute atomic E-state index is 0.303. The summed E-state index contributed by atoms with van der Waals surface area (Å²) >= 11 is 1.62. The van der Waals surface area contributed by atoms with E-state index in [0.717, 1.165) is 23.7 Å². The first kappa shape index (κ1) is 11.4. The molecule has 1 aromatic heterocycles. The summed E-state index contributed by atoms with van der Waals surface area (Å²) in [6.45, 7) is 3.96. The van der Waals surface area contributed by atoms with Crippen molar-refractivity contribution in [3.63, 3.8) is 0 Å². The van der Waals surface area contributed by atoms with Gasteiger partial charge in [-0.1, -0.05) is 13.8 Å². The summed E-state index contributed by atoms with van der Waals surface area (Å²) in [4.78, 5) is 11.0. The molecule has 2 nitrogen and oxygen atoms in total. The number of carbonyl (C=O) groups excluding carboxylic acids is 1. The Bertz CT molecular complexity index is 291. The molecule has 0 aliphatic carbocycles. The maximum Gasteiger partial charge on any atom is 0.142 e. The van der Waals surface area contributed by atoms with Crippen LogP contribution in [0, 0.1) is 0 Å². The molecular formula is C11H16O2S. The maximum atomic E-state index is 11.0. The first-order valence-electron chi connectivity index (χ1n) is 4.93. The lowest BCUT2D eigenvalue weighted by Crippen LogP contribution is -1.98. The third-order valence-electron chi connectivity index (χ3n) is 1.97. The van der Waals surface area contributed by atoms with E-state index < -0.39 is 0 Å². The van der Waals surface area contributed by atoms with Gasteiger partial charge in [0.2, 0.25) is 0 Å². The molecule has 0 saturated heterocycles. The first-order chi connectivity index (χ1) is 6.76. The summed E-state index contributed by atoms with van der Waals surface area (Å²) in [6.07, 6.45) is 1.56. The van der Waals surface area contributed by atoms with E-state index in [1.165, 1.54) is 0 Å². The second-order valence-electron chi connectivity index (χ2n) is 3.11. The van der Waals surface area contributed by atoms with E-state index in [9.17, 15) is 4.79 Å². The highest BCUT2D eigenvalue weighted by Crippen LogP contribution is 2.15. The van der Waals surface area contributed by atoms with E-state index in [2.05, 4.69) is 6.92 Å². The average molecular weight is 212 g/mol. The monoisotopic (exact) mass is 212 g/mol. The van der Waals surface area contributed by atoms with Crippen LogP contribution in [0.4, 0.5) is 0 Å². The van der Waals surface area contributed by atoms with Crippen molar-refractivity contribution >= 4 is 17.5 Å². The number of rotatable bonds is 6. The highest BCUT2D eigenvalue weighted by atomic mass is 32.2. The minimum Gasteiger partial charge on any atom is -0.465 e. The third kappa shape index (κ3) is 3.58. The molecule has 1 rings (SSSR count). The van der Waals surface area contributed by atoms with Crippen LogP contribution >= 0.6 is 11.8 Å². The molecule has 0 radical (unpaired) electrons. The van der Waals surface area contributed by atoms with Crippen molar-refractivity contribution in [2.45, 2.75) is 32.4 Å². The fraction of sp³-hybridized carbons (Fsp3) is 0.545. The van der Waals surface area contributed by atoms with Gasteiger partial charge in [0.25, 0.3) is 0 Å². The van der Waals surface area contributed by atoms with Gasteiger partial charge in [-0.15, -0.1) is 11.8 Å². The van der Waals surface area contributed by atoms with Crippen LogP contribution in [0.1, 0.15) is 31.8 Å². The van der Waals surface area contributed by atoms with Crippen LogP contribution in [0.5, 0.6) is 0 Å². The molecule has 0 aromatic carbocycles. The molecule has 0 saturated carbocycles. The molecule has 0 N–H and O–H groups in total. The molecule has 0 unspecified atom stereocenters. The van der Waals surface area contributed by atoms with Gasteiger partial charge in [-0.3, -0.25) is 4.79 Å². The van der Waals surface area contributed by atoms with Crippen molar-refractivity contribution in [1.82, 2.24) is 0 Å². The van der Waals surface area contributed by atoms with Gasteiger partial charge in [0.1, 0.15) is 17.3 Å². The van der Waals surface area contributed by atoms with Gasteiger partial charge in [0, 0.05) is 12.8 Å². The van der Waals surface area contributed by atoms with Gasteiger partial charge in [-0.2, -0.15) is 0 Å². The Morgan fingerprint density at radius 3 is 2.64 bits per heavy atom. The van der Waals surface area contributed by atoms with Gasteiger partial charge in [0.05, 0.1) is 11.5 Å². The third-order valence-corrected chi connectivity index (χ3v) is 2.98. The Labute approximate surface area is 89.1 Å². The van der Waals surface area contributed by atoms with Crippen LogP contribution in [-0.2, 0) is 17.0 Å². The van der Waals surface area contributed by atoms with Gasteiger partial charge in [-0.05, 0) is 12.1 Å². The Morgan fingerprint density at radius 1 is 1.36 bits per heavy atom. The molecule has 1 heterocycles. The first-order valence-corrected chi connectivity index (χ1v) is 6.08. The highest BCUT2D eigenvalue weighted by Gasteiger charge is 2.02. The molecule has 0 spiro atoms. The molecule has 14 heavy (non-hydrogen) atoms. The van der Waals surface area contributed by atoms with Gasteiger partial charge < -0.3 is 4.42 Å². The number of thioether (sulfide) groups is 1. The van der Waals surface area contributed by atoms with Crippen molar-refractivity contribution in [3.8, 4) is 0 Å². The van der Waals surface area contributed by atoms with E-state index >= 15 is 0 Å². The molecule has 3 heteroatoms. The molecule has 0 aliphatic heterocycles. The van der Waals surface area contributed by atoms with Crippen LogP contribution in [0.15, 0.2) is 16.5 Å². The summed E-state index contributed by atoms with van der Waals surface area (Å²) in [5.41, 5.74) is 0. The van der Waals surface area contributed by atoms with Crippen molar-refractivity contribution in [2.24, 2.45) is 0 Å². The smallest absolute Gasteiger partial charge is 0.142 e. The molecule has 0 atom stereocenters. The second kappa shape index (κ2) is 5.91. The zero-order valence-corrected chi connectivity index (χ0v) is 9.52. The quantitative estimate of drug-likeness (QED) is 0.726. The number of aryl methyl sites for hydroxylation is 1. The van der Waals surface area contributed by atoms with Gasteiger partial charge in [0.15, 0.2) is 0 Å². The fourth-order valence-corrected chi connectivity index (χ4v) is 1.95. The second-order valence-corrected chi connectivity index (χ2v) is 4.09. The van der Waals surface area contributed by atoms with Crippen molar-refractivity contribution < 1.29 is 9.21 Å². The van der Waals surface area contributed by atoms with Crippen molar-refractivity contribution in [3.05, 3.63) is 23.7 Å². The van der Waals surface area contributed by atoms with E-state index in [4.69, 9.17) is 4.42 Å². The lowest BCUT2D eigenvalue weighted by Gasteiger charge is -1.96. The number of ketones is 1. The molecule has 1 aromatic rings. The molecule has 78 valence electrons. The average Bonchev–Trinajstić information content (AvgIpc) is 2.65. The molecular weight excluding hydrogens is 196 g/mol. The van der Waals surface area contributed by atoms with Gasteiger partial charge >= 0.3 is 0 Å². The zero-order chi connectivity index (χ0) is 10.4. The van der Waals surface area contributed by atoms with E-state index in [1.54, 1.807) is 11.8 Å². The molecule has 0 amide bonds. The minimum atomic E-state index is 0.303. The highest BCUT2D eigenvalue weighted by molar-refractivity contribution is 7.99. The fourth-order valence-electron chi connectivity index (χ4n) is 1.06. The van der Waals surface area contributed by atoms with E-state index in [1.807, 2.05) is 19.1 Å². The van der Waals surface area contributed by atoms with Crippen LogP contribution in [0.25, 0.3) is 0 Å². The Kier molecular flexibility index (Phi) is 4.80. The Balaban J connectivity index is 2.27. The summed E-state index contributed by atoms with van der Waals surface area (Å²) in [7, 11) is 0. The summed E-state index contributed by atoms with van der Waals surface area (Å²) in [5.74, 6) is 3.68. The predicted molar refractivity (Wildman–Crippen MR) is 59.5 cm³/mol. The zero-order valence-electron chi connectivity index (χ0n) is 8.71. The summed E-state index contributed by atoms with van der Waals surface area (Å²) < 4.78 is 5.52. The Hall–Kier alpha value is -0.700. The van der Waals surface area contributed by atoms with Gasteiger partial charge in [-0.25, -0.2) is 0 Å². The lowest BCUT2D eigenvalue weighted by molar-refractivity contribution is -0.116. The molecule has 0 aliphatic rings. The summed E-state index contributed by atoms with van der Waals surface area (Å²) in [5, 5.41) is 0. The van der Waals surface area contributed by atoms with Crippen LogP contribution < -0.4 is 0 Å². The van der Waals surface area contributed by atoms with Crippen molar-refractivity contribution in [1.29, 1.82) is 0 Å². The summed E-state index contributed by atoms with van der Waals surface area (Å²) in [6, 6.07) is 3.99. The lowest BCUT2D eigenvalue weighted by atomic mass is 10.4. The molecule has 0 bridgehead atoms. The Morgan fingerprint density at radius 2 is 2.07 bits per heavy atom. The standard InChI is InChI=1S/C11H16O2S/c1-3-9(12)7-14-8-11-6-5-10(4-2)13-11/h5-6H,3-4,7-8H2,1-2H3. The van der Waals surface area contributed by atoms with Crippen LogP contribution in [0.3, 0.4) is 0 Å². The number of furan rings is 1. The van der Waals surface area contributed by atoms with Crippen LogP contribution in [-0.4, -0.2) is 11.5 Å². The normalized spacial score (nSPS) is 10.4. The van der Waals surface area contributed by atoms with Crippen LogP contribution in [0.2, 0.25) is 0 Å².